The van der Waals surface area contributed by atoms with Gasteiger partial charge in [0.05, 0.1) is 11.0 Å². The van der Waals surface area contributed by atoms with Gasteiger partial charge in [-0.1, -0.05) is 15.9 Å². The number of nitrogens with zero attached hydrogens (tertiary/aromatic N) is 3. The molecule has 1 fully saturated rings. The second-order valence-electron chi connectivity index (χ2n) is 5.09. The second-order valence-corrected chi connectivity index (χ2v) is 6.01. The lowest BCUT2D eigenvalue weighted by Crippen LogP contribution is -2.28. The summed E-state index contributed by atoms with van der Waals surface area (Å²) in [6, 6.07) is 5.85. The molecule has 1 amide bonds. The predicted molar refractivity (Wildman–Crippen MR) is 82.3 cm³/mol. The molecule has 5 nitrogen and oxygen atoms in total. The molecule has 2 N–H and O–H groups in total. The Labute approximate surface area is 125 Å². The fourth-order valence-electron chi connectivity index (χ4n) is 2.68. The number of benzene rings is 1. The zero-order valence-electron chi connectivity index (χ0n) is 11.2. The molecule has 6 heteroatoms. The van der Waals surface area contributed by atoms with E-state index in [1.165, 1.54) is 0 Å². The van der Waals surface area contributed by atoms with Gasteiger partial charge in [0.2, 0.25) is 11.9 Å². The summed E-state index contributed by atoms with van der Waals surface area (Å²) in [7, 11) is 0. The van der Waals surface area contributed by atoms with Crippen LogP contribution in [0.1, 0.15) is 19.3 Å². The quantitative estimate of drug-likeness (QED) is 0.935. The summed E-state index contributed by atoms with van der Waals surface area (Å²) in [5, 5.41) is 0. The molecule has 3 rings (SSSR count). The molecule has 1 aromatic heterocycles. The predicted octanol–water partition coefficient (Wildman–Crippen LogP) is 2.39. The van der Waals surface area contributed by atoms with Crippen molar-refractivity contribution in [1.29, 1.82) is 0 Å². The van der Waals surface area contributed by atoms with E-state index in [9.17, 15) is 4.79 Å². The first-order valence-corrected chi connectivity index (χ1v) is 7.63. The zero-order valence-corrected chi connectivity index (χ0v) is 12.8. The summed E-state index contributed by atoms with van der Waals surface area (Å²) in [5.41, 5.74) is 7.78. The molecule has 0 bridgehead atoms. The third-order valence-electron chi connectivity index (χ3n) is 3.75. The van der Waals surface area contributed by atoms with Crippen LogP contribution in [0.5, 0.6) is 0 Å². The van der Waals surface area contributed by atoms with Crippen LogP contribution in [-0.2, 0) is 11.3 Å². The van der Waals surface area contributed by atoms with E-state index >= 15 is 0 Å². The van der Waals surface area contributed by atoms with E-state index < -0.39 is 0 Å². The average molecular weight is 337 g/mol. The van der Waals surface area contributed by atoms with Crippen LogP contribution >= 0.6 is 15.9 Å². The van der Waals surface area contributed by atoms with Crippen LogP contribution in [0.15, 0.2) is 22.7 Å². The Kier molecular flexibility index (Phi) is 3.65. The van der Waals surface area contributed by atoms with Crippen LogP contribution in [0, 0.1) is 0 Å². The number of aromatic nitrogens is 2. The number of nitrogen functional groups attached to an aromatic ring is 1. The standard InChI is InChI=1S/C14H17BrN4O/c15-10-3-4-11-12(9-10)19(14(16)17-11)8-5-13(20)18-6-1-2-7-18/h3-4,9H,1-2,5-8H2,(H2,16,17). The number of hydrogen-bond acceptors (Lipinski definition) is 3. The largest absolute Gasteiger partial charge is 0.369 e. The first kappa shape index (κ1) is 13.4. The number of imidazole rings is 1. The Hall–Kier alpha value is -1.56. The summed E-state index contributed by atoms with van der Waals surface area (Å²) in [5.74, 6) is 0.672. The SMILES string of the molecule is Nc1nc2ccc(Br)cc2n1CCC(=O)N1CCCC1. The van der Waals surface area contributed by atoms with Crippen molar-refractivity contribution in [2.45, 2.75) is 25.8 Å². The summed E-state index contributed by atoms with van der Waals surface area (Å²) < 4.78 is 2.89. The van der Waals surface area contributed by atoms with Crippen molar-refractivity contribution in [3.05, 3.63) is 22.7 Å². The van der Waals surface area contributed by atoms with Crippen LogP contribution in [0.2, 0.25) is 0 Å². The minimum Gasteiger partial charge on any atom is -0.369 e. The number of amides is 1. The van der Waals surface area contributed by atoms with E-state index in [1.807, 2.05) is 27.7 Å². The molecule has 20 heavy (non-hydrogen) atoms. The number of aryl methyl sites for hydroxylation is 1. The van der Waals surface area contributed by atoms with E-state index in [2.05, 4.69) is 20.9 Å². The maximum Gasteiger partial charge on any atom is 0.224 e. The van der Waals surface area contributed by atoms with Crippen molar-refractivity contribution in [3.8, 4) is 0 Å². The number of halogens is 1. The maximum absolute atomic E-state index is 12.1. The van der Waals surface area contributed by atoms with Crippen LogP contribution in [0.3, 0.4) is 0 Å². The number of nitrogens with two attached hydrogens (primary N) is 1. The lowest BCUT2D eigenvalue weighted by Gasteiger charge is -2.15. The van der Waals surface area contributed by atoms with Gasteiger partial charge in [0.1, 0.15) is 0 Å². The van der Waals surface area contributed by atoms with E-state index in [4.69, 9.17) is 5.73 Å². The van der Waals surface area contributed by atoms with Gasteiger partial charge in [-0.2, -0.15) is 0 Å². The Morgan fingerprint density at radius 2 is 2.10 bits per heavy atom. The number of hydrogen-bond donors (Lipinski definition) is 1. The van der Waals surface area contributed by atoms with Gasteiger partial charge in [-0.3, -0.25) is 4.79 Å². The van der Waals surface area contributed by atoms with E-state index in [0.29, 0.717) is 18.9 Å². The average Bonchev–Trinajstić information content (AvgIpc) is 3.04. The fourth-order valence-corrected chi connectivity index (χ4v) is 3.03. The Bertz CT molecular complexity index is 646. The smallest absolute Gasteiger partial charge is 0.224 e. The molecule has 2 aromatic rings. The molecule has 106 valence electrons. The lowest BCUT2D eigenvalue weighted by molar-refractivity contribution is -0.130. The van der Waals surface area contributed by atoms with E-state index in [-0.39, 0.29) is 5.91 Å². The third kappa shape index (κ3) is 2.52. The maximum atomic E-state index is 12.1. The summed E-state index contributed by atoms with van der Waals surface area (Å²) in [4.78, 5) is 18.4. The van der Waals surface area contributed by atoms with Gasteiger partial charge in [0.15, 0.2) is 0 Å². The molecular weight excluding hydrogens is 320 g/mol. The van der Waals surface area contributed by atoms with Crippen LogP contribution in [-0.4, -0.2) is 33.4 Å². The van der Waals surface area contributed by atoms with Gasteiger partial charge >= 0.3 is 0 Å². The van der Waals surface area contributed by atoms with Gasteiger partial charge < -0.3 is 15.2 Å². The minimum atomic E-state index is 0.207. The van der Waals surface area contributed by atoms with Crippen LogP contribution in [0.25, 0.3) is 11.0 Å². The normalized spacial score (nSPS) is 15.2. The first-order valence-electron chi connectivity index (χ1n) is 6.84. The van der Waals surface area contributed by atoms with E-state index in [1.54, 1.807) is 0 Å². The molecule has 0 spiro atoms. The molecule has 0 saturated carbocycles. The van der Waals surface area contributed by atoms with Crippen LogP contribution < -0.4 is 5.73 Å². The van der Waals surface area contributed by atoms with Gasteiger partial charge in [0.25, 0.3) is 0 Å². The Morgan fingerprint density at radius 3 is 2.85 bits per heavy atom. The number of fused-ring (bicyclic) bond motifs is 1. The van der Waals surface area contributed by atoms with Crippen molar-refractivity contribution in [1.82, 2.24) is 14.5 Å². The molecule has 1 aromatic carbocycles. The number of carbonyl (C=O) groups is 1. The van der Waals surface area contributed by atoms with Gasteiger partial charge in [0, 0.05) is 30.5 Å². The van der Waals surface area contributed by atoms with Crippen molar-refractivity contribution in [2.24, 2.45) is 0 Å². The summed E-state index contributed by atoms with van der Waals surface area (Å²) in [6.07, 6.45) is 2.71. The number of anilines is 1. The van der Waals surface area contributed by atoms with Crippen molar-refractivity contribution < 1.29 is 4.79 Å². The number of likely N-dealkylation sites (tertiary alicyclic amines) is 1. The van der Waals surface area contributed by atoms with Crippen molar-refractivity contribution in [2.75, 3.05) is 18.8 Å². The van der Waals surface area contributed by atoms with E-state index in [0.717, 1.165) is 41.4 Å². The first-order chi connectivity index (χ1) is 9.65. The molecule has 1 aliphatic rings. The summed E-state index contributed by atoms with van der Waals surface area (Å²) in [6.45, 7) is 2.36. The number of rotatable bonds is 3. The highest BCUT2D eigenvalue weighted by atomic mass is 79.9. The second kappa shape index (κ2) is 5.44. The Morgan fingerprint density at radius 1 is 1.35 bits per heavy atom. The third-order valence-corrected chi connectivity index (χ3v) is 4.24. The molecule has 0 atom stereocenters. The molecule has 0 aliphatic carbocycles. The van der Waals surface area contributed by atoms with Gasteiger partial charge in [-0.05, 0) is 31.0 Å². The van der Waals surface area contributed by atoms with Gasteiger partial charge in [-0.25, -0.2) is 4.98 Å². The molecule has 0 radical (unpaired) electrons. The lowest BCUT2D eigenvalue weighted by atomic mass is 10.3. The zero-order chi connectivity index (χ0) is 14.1. The highest BCUT2D eigenvalue weighted by molar-refractivity contribution is 9.10. The Balaban J connectivity index is 1.78. The monoisotopic (exact) mass is 336 g/mol. The van der Waals surface area contributed by atoms with Gasteiger partial charge in [-0.15, -0.1) is 0 Å². The fraction of sp³-hybridized carbons (Fsp3) is 0.429. The molecule has 1 aliphatic heterocycles. The highest BCUT2D eigenvalue weighted by Gasteiger charge is 2.18. The number of carbonyl (C=O) groups excluding carboxylic acids is 1. The van der Waals surface area contributed by atoms with Crippen LogP contribution in [0.4, 0.5) is 5.95 Å². The minimum absolute atomic E-state index is 0.207. The topological polar surface area (TPSA) is 64.1 Å². The van der Waals surface area contributed by atoms with Crippen molar-refractivity contribution in [3.63, 3.8) is 0 Å². The molecule has 2 heterocycles. The molecular formula is C14H17BrN4O. The van der Waals surface area contributed by atoms with Crippen molar-refractivity contribution >= 4 is 38.8 Å². The molecule has 0 unspecified atom stereocenters. The molecule has 1 saturated heterocycles. The summed E-state index contributed by atoms with van der Waals surface area (Å²) >= 11 is 3.45. The highest BCUT2D eigenvalue weighted by Crippen LogP contribution is 2.22.